The Morgan fingerprint density at radius 1 is 1.00 bits per heavy atom. The molecule has 174 valence electrons. The van der Waals surface area contributed by atoms with E-state index in [9.17, 15) is 10.1 Å². The molecule has 1 saturated carbocycles. The highest BCUT2D eigenvalue weighted by Gasteiger charge is 2.17. The number of nitrogens with one attached hydrogen (secondary N) is 2. The molecule has 5 heteroatoms. The Morgan fingerprint density at radius 2 is 1.76 bits per heavy atom. The van der Waals surface area contributed by atoms with Gasteiger partial charge in [-0.3, -0.25) is 4.79 Å². The van der Waals surface area contributed by atoms with E-state index in [0.29, 0.717) is 28.7 Å². The van der Waals surface area contributed by atoms with Crippen LogP contribution in [0.25, 0.3) is 11.1 Å². The van der Waals surface area contributed by atoms with Crippen molar-refractivity contribution in [2.75, 3.05) is 13.1 Å². The van der Waals surface area contributed by atoms with Gasteiger partial charge in [0.15, 0.2) is 0 Å². The van der Waals surface area contributed by atoms with E-state index < -0.39 is 0 Å². The van der Waals surface area contributed by atoms with Crippen LogP contribution in [-0.4, -0.2) is 25.0 Å². The fourth-order valence-corrected chi connectivity index (χ4v) is 4.83. The largest absolute Gasteiger partial charge is 0.351 e. The number of rotatable bonds is 9. The lowest BCUT2D eigenvalue weighted by molar-refractivity contribution is 0.0950. The van der Waals surface area contributed by atoms with E-state index in [0.717, 1.165) is 24.1 Å². The highest BCUT2D eigenvalue weighted by Crippen LogP contribution is 2.26. The van der Waals surface area contributed by atoms with Gasteiger partial charge in [0.1, 0.15) is 0 Å². The van der Waals surface area contributed by atoms with Crippen molar-refractivity contribution in [1.29, 1.82) is 5.26 Å². The van der Waals surface area contributed by atoms with Crippen molar-refractivity contribution in [1.82, 2.24) is 10.6 Å². The van der Waals surface area contributed by atoms with Crippen LogP contribution in [0.5, 0.6) is 0 Å². The summed E-state index contributed by atoms with van der Waals surface area (Å²) < 4.78 is 0. The van der Waals surface area contributed by atoms with Crippen molar-refractivity contribution in [3.05, 3.63) is 94.5 Å². The van der Waals surface area contributed by atoms with Crippen LogP contribution in [0.2, 0.25) is 5.02 Å². The Labute approximate surface area is 207 Å². The molecular formula is C29H30ClN3O. The zero-order chi connectivity index (χ0) is 23.8. The SMILES string of the molecule is N#Cc1cccc(-c2ccc(C(CCNC3CCCC3)CNC(=O)c3cccc(Cl)c3)cc2)c1. The second-order valence-corrected chi connectivity index (χ2v) is 9.39. The molecule has 1 atom stereocenters. The Balaban J connectivity index is 1.45. The molecule has 3 aromatic carbocycles. The number of hydrogen-bond acceptors (Lipinski definition) is 3. The zero-order valence-corrected chi connectivity index (χ0v) is 20.0. The molecule has 1 unspecified atom stereocenters. The summed E-state index contributed by atoms with van der Waals surface area (Å²) in [6.45, 7) is 1.48. The summed E-state index contributed by atoms with van der Waals surface area (Å²) in [5, 5.41) is 16.5. The molecule has 0 aromatic heterocycles. The average molecular weight is 472 g/mol. The molecule has 2 N–H and O–H groups in total. The van der Waals surface area contributed by atoms with Crippen molar-refractivity contribution in [3.63, 3.8) is 0 Å². The predicted octanol–water partition coefficient (Wildman–Crippen LogP) is 6.31. The van der Waals surface area contributed by atoms with Crippen molar-refractivity contribution < 1.29 is 4.79 Å². The standard InChI is InChI=1S/C29H30ClN3O/c30-27-8-4-7-25(18-27)29(34)33-20-26(15-16-32-28-9-1-2-10-28)23-13-11-22(12-14-23)24-6-3-5-21(17-24)19-31/h3-8,11-14,17-18,26,28,32H,1-2,9-10,15-16,20H2,(H,33,34). The second-order valence-electron chi connectivity index (χ2n) is 8.96. The summed E-state index contributed by atoms with van der Waals surface area (Å²) in [7, 11) is 0. The van der Waals surface area contributed by atoms with Crippen LogP contribution < -0.4 is 10.6 Å². The molecule has 0 aliphatic heterocycles. The van der Waals surface area contributed by atoms with Gasteiger partial charge in [-0.1, -0.05) is 66.9 Å². The number of carbonyl (C=O) groups excluding carboxylic acids is 1. The molecule has 1 aliphatic rings. The van der Waals surface area contributed by atoms with Crippen molar-refractivity contribution in [2.45, 2.75) is 44.1 Å². The number of benzene rings is 3. The summed E-state index contributed by atoms with van der Waals surface area (Å²) in [6, 6.07) is 26.0. The normalized spacial score (nSPS) is 14.5. The van der Waals surface area contributed by atoms with Crippen molar-refractivity contribution >= 4 is 17.5 Å². The van der Waals surface area contributed by atoms with Crippen LogP contribution in [0.1, 0.15) is 59.5 Å². The van der Waals surface area contributed by atoms with Crippen LogP contribution >= 0.6 is 11.6 Å². The van der Waals surface area contributed by atoms with Gasteiger partial charge < -0.3 is 10.6 Å². The van der Waals surface area contributed by atoms with Gasteiger partial charge in [0, 0.05) is 29.1 Å². The van der Waals surface area contributed by atoms with Crippen LogP contribution in [0, 0.1) is 11.3 Å². The minimum absolute atomic E-state index is 0.110. The average Bonchev–Trinajstić information content (AvgIpc) is 3.39. The van der Waals surface area contributed by atoms with Gasteiger partial charge in [0.25, 0.3) is 5.91 Å². The fraction of sp³-hybridized carbons (Fsp3) is 0.310. The number of hydrogen-bond donors (Lipinski definition) is 2. The van der Waals surface area contributed by atoms with Gasteiger partial charge in [-0.2, -0.15) is 5.26 Å². The Kier molecular flexibility index (Phi) is 8.36. The summed E-state index contributed by atoms with van der Waals surface area (Å²) in [6.07, 6.45) is 6.07. The number of halogens is 1. The maximum atomic E-state index is 12.7. The van der Waals surface area contributed by atoms with Crippen LogP contribution in [0.3, 0.4) is 0 Å². The third-order valence-electron chi connectivity index (χ3n) is 6.58. The molecule has 34 heavy (non-hydrogen) atoms. The molecular weight excluding hydrogens is 442 g/mol. The van der Waals surface area contributed by atoms with Gasteiger partial charge >= 0.3 is 0 Å². The first kappa shape index (κ1) is 24.0. The molecule has 0 bridgehead atoms. The number of nitrogens with zero attached hydrogens (tertiary/aromatic N) is 1. The van der Waals surface area contributed by atoms with E-state index in [1.54, 1.807) is 24.3 Å². The number of nitriles is 1. The van der Waals surface area contributed by atoms with Crippen molar-refractivity contribution in [3.8, 4) is 17.2 Å². The van der Waals surface area contributed by atoms with E-state index in [-0.39, 0.29) is 11.8 Å². The smallest absolute Gasteiger partial charge is 0.251 e. The Morgan fingerprint density at radius 3 is 2.50 bits per heavy atom. The first-order chi connectivity index (χ1) is 16.6. The van der Waals surface area contributed by atoms with Gasteiger partial charge in [0.05, 0.1) is 11.6 Å². The molecule has 4 rings (SSSR count). The van der Waals surface area contributed by atoms with E-state index in [2.05, 4.69) is 41.0 Å². The van der Waals surface area contributed by atoms with E-state index in [1.807, 2.05) is 24.3 Å². The highest BCUT2D eigenvalue weighted by molar-refractivity contribution is 6.30. The molecule has 3 aromatic rings. The first-order valence-electron chi connectivity index (χ1n) is 12.0. The molecule has 0 radical (unpaired) electrons. The lowest BCUT2D eigenvalue weighted by Crippen LogP contribution is -2.32. The molecule has 1 amide bonds. The van der Waals surface area contributed by atoms with Gasteiger partial charge in [-0.05, 0) is 72.8 Å². The fourth-order valence-electron chi connectivity index (χ4n) is 4.64. The molecule has 0 heterocycles. The molecule has 4 nitrogen and oxygen atoms in total. The zero-order valence-electron chi connectivity index (χ0n) is 19.3. The second kappa shape index (κ2) is 11.8. The Hall–Kier alpha value is -3.13. The monoisotopic (exact) mass is 471 g/mol. The molecule has 1 fully saturated rings. The first-order valence-corrected chi connectivity index (χ1v) is 12.4. The van der Waals surface area contributed by atoms with Gasteiger partial charge in [0.2, 0.25) is 0 Å². The third-order valence-corrected chi connectivity index (χ3v) is 6.82. The van der Waals surface area contributed by atoms with Crippen LogP contribution in [0.15, 0.2) is 72.8 Å². The topological polar surface area (TPSA) is 64.9 Å². The number of amides is 1. The third kappa shape index (κ3) is 6.47. The summed E-state index contributed by atoms with van der Waals surface area (Å²) in [4.78, 5) is 12.7. The lowest BCUT2D eigenvalue weighted by atomic mass is 9.93. The predicted molar refractivity (Wildman–Crippen MR) is 138 cm³/mol. The maximum absolute atomic E-state index is 12.7. The summed E-state index contributed by atoms with van der Waals surface area (Å²) in [5.74, 6) is 0.0812. The lowest BCUT2D eigenvalue weighted by Gasteiger charge is -2.20. The minimum atomic E-state index is -0.110. The molecule has 1 aliphatic carbocycles. The van der Waals surface area contributed by atoms with E-state index in [1.165, 1.54) is 31.2 Å². The van der Waals surface area contributed by atoms with Gasteiger partial charge in [-0.15, -0.1) is 0 Å². The van der Waals surface area contributed by atoms with Crippen LogP contribution in [-0.2, 0) is 0 Å². The quantitative estimate of drug-likeness (QED) is 0.384. The maximum Gasteiger partial charge on any atom is 0.251 e. The van der Waals surface area contributed by atoms with Crippen molar-refractivity contribution in [2.24, 2.45) is 0 Å². The van der Waals surface area contributed by atoms with E-state index in [4.69, 9.17) is 11.6 Å². The van der Waals surface area contributed by atoms with E-state index >= 15 is 0 Å². The summed E-state index contributed by atoms with van der Waals surface area (Å²) >= 11 is 6.06. The minimum Gasteiger partial charge on any atom is -0.351 e. The van der Waals surface area contributed by atoms with Gasteiger partial charge in [-0.25, -0.2) is 0 Å². The number of carbonyl (C=O) groups is 1. The summed E-state index contributed by atoms with van der Waals surface area (Å²) in [5.41, 5.74) is 4.52. The van der Waals surface area contributed by atoms with Crippen LogP contribution in [0.4, 0.5) is 0 Å². The highest BCUT2D eigenvalue weighted by atomic mass is 35.5. The Bertz CT molecular complexity index is 1150. The molecule has 0 spiro atoms. The molecule has 0 saturated heterocycles.